The van der Waals surface area contributed by atoms with Gasteiger partial charge in [-0.2, -0.15) is 0 Å². The summed E-state index contributed by atoms with van der Waals surface area (Å²) in [6, 6.07) is 7.96. The molecule has 7 nitrogen and oxygen atoms in total. The van der Waals surface area contributed by atoms with Crippen LogP contribution in [0.5, 0.6) is 0 Å². The zero-order chi connectivity index (χ0) is 19.7. The lowest BCUT2D eigenvalue weighted by molar-refractivity contribution is 0.0944. The van der Waals surface area contributed by atoms with Crippen LogP contribution in [-0.4, -0.2) is 65.1 Å². The number of aliphatic hydroxyl groups excluding tert-OH is 1. The molecule has 1 saturated heterocycles. The summed E-state index contributed by atoms with van der Waals surface area (Å²) in [5.74, 6) is 1.29. The molecule has 0 radical (unpaired) electrons. The van der Waals surface area contributed by atoms with Crippen molar-refractivity contribution in [1.82, 2.24) is 14.9 Å². The van der Waals surface area contributed by atoms with Gasteiger partial charge in [-0.05, 0) is 32.0 Å². The fourth-order valence-corrected chi connectivity index (χ4v) is 6.19. The molecule has 1 aromatic heterocycles. The van der Waals surface area contributed by atoms with Crippen molar-refractivity contribution in [2.75, 3.05) is 23.9 Å². The van der Waals surface area contributed by atoms with Gasteiger partial charge in [-0.3, -0.25) is 4.90 Å². The van der Waals surface area contributed by atoms with E-state index in [2.05, 4.69) is 10.3 Å². The number of hydrogen-bond donors (Lipinski definition) is 2. The molecule has 2 fully saturated rings. The van der Waals surface area contributed by atoms with E-state index in [1.807, 2.05) is 36.2 Å². The summed E-state index contributed by atoms with van der Waals surface area (Å²) in [6.07, 6.45) is 5.22. The number of para-hydroxylation sites is 1. The Morgan fingerprint density at radius 2 is 1.89 bits per heavy atom. The van der Waals surface area contributed by atoms with Gasteiger partial charge in [0, 0.05) is 11.4 Å². The molecule has 1 aliphatic heterocycles. The molecule has 8 heteroatoms. The van der Waals surface area contributed by atoms with Crippen molar-refractivity contribution in [3.8, 4) is 0 Å². The Bertz CT molecular complexity index is 944. The number of hydrogen-bond acceptors (Lipinski definition) is 7. The van der Waals surface area contributed by atoms with E-state index in [4.69, 9.17) is 4.98 Å². The van der Waals surface area contributed by atoms with Crippen molar-refractivity contribution in [1.29, 1.82) is 0 Å². The first kappa shape index (κ1) is 19.5. The summed E-state index contributed by atoms with van der Waals surface area (Å²) in [4.78, 5) is 11.3. The Hall–Kier alpha value is -1.77. The lowest BCUT2D eigenvalue weighted by Gasteiger charge is -2.26. The van der Waals surface area contributed by atoms with Crippen LogP contribution in [0.4, 0.5) is 5.82 Å². The van der Waals surface area contributed by atoms with Gasteiger partial charge in [0.2, 0.25) is 0 Å². The van der Waals surface area contributed by atoms with Gasteiger partial charge >= 0.3 is 0 Å². The number of nitrogens with zero attached hydrogens (tertiary/aromatic N) is 3. The molecular weight excluding hydrogens is 376 g/mol. The lowest BCUT2D eigenvalue weighted by Crippen LogP contribution is -2.40. The van der Waals surface area contributed by atoms with Crippen LogP contribution in [0.2, 0.25) is 0 Å². The normalized spacial score (nSPS) is 25.4. The third-order valence-electron chi connectivity index (χ3n) is 5.85. The van der Waals surface area contributed by atoms with E-state index in [-0.39, 0.29) is 11.5 Å². The molecule has 1 saturated carbocycles. The third-order valence-corrected chi connectivity index (χ3v) is 7.54. The van der Waals surface area contributed by atoms with E-state index in [9.17, 15) is 13.5 Å². The van der Waals surface area contributed by atoms with Crippen molar-refractivity contribution in [3.05, 3.63) is 30.1 Å². The van der Waals surface area contributed by atoms with Crippen LogP contribution in [0.3, 0.4) is 0 Å². The summed E-state index contributed by atoms with van der Waals surface area (Å²) >= 11 is 0. The molecule has 4 rings (SSSR count). The predicted molar refractivity (Wildman–Crippen MR) is 110 cm³/mol. The fourth-order valence-electron chi connectivity index (χ4n) is 4.32. The van der Waals surface area contributed by atoms with Crippen LogP contribution in [0.1, 0.15) is 37.9 Å². The first-order valence-corrected chi connectivity index (χ1v) is 11.8. The van der Waals surface area contributed by atoms with Crippen LogP contribution in [0, 0.1) is 0 Å². The largest absolute Gasteiger partial charge is 0.390 e. The summed E-state index contributed by atoms with van der Waals surface area (Å²) in [6.45, 7) is 0.390. The molecular formula is C20H28N4O3S. The minimum Gasteiger partial charge on any atom is -0.390 e. The Labute approximate surface area is 166 Å². The minimum atomic E-state index is -3.19. The van der Waals surface area contributed by atoms with E-state index in [0.29, 0.717) is 18.4 Å². The van der Waals surface area contributed by atoms with Crippen molar-refractivity contribution in [2.45, 2.75) is 56.8 Å². The van der Waals surface area contributed by atoms with E-state index >= 15 is 0 Å². The summed E-state index contributed by atoms with van der Waals surface area (Å²) in [7, 11) is -1.37. The second-order valence-corrected chi connectivity index (χ2v) is 10.3. The monoisotopic (exact) mass is 404 g/mol. The van der Waals surface area contributed by atoms with Gasteiger partial charge in [0.05, 0.1) is 35.7 Å². The number of aliphatic hydroxyl groups is 1. The van der Waals surface area contributed by atoms with Gasteiger partial charge in [-0.1, -0.05) is 31.4 Å². The number of likely N-dealkylation sites (N-methyl/N-ethyl adjacent to an activating group) is 1. The Morgan fingerprint density at radius 3 is 2.61 bits per heavy atom. The maximum absolute atomic E-state index is 11.8. The molecule has 152 valence electrons. The smallest absolute Gasteiger partial charge is 0.154 e. The quantitative estimate of drug-likeness (QED) is 0.786. The number of fused-ring (bicyclic) bond motifs is 1. The number of anilines is 1. The first-order valence-electron chi connectivity index (χ1n) is 10.0. The highest BCUT2D eigenvalue weighted by atomic mass is 32.2. The standard InChI is InChI=1S/C20H28N4O3S/c1-24(17-12-28(26,27)13-18(17)25)11-19-22-16-10-6-5-9-15(16)20(23-19)21-14-7-3-2-4-8-14/h5-6,9-10,14,17-18,25H,2-4,7-8,11-13H2,1H3,(H,21,22,23)/t17-,18-/m1/s1. The highest BCUT2D eigenvalue weighted by Crippen LogP contribution is 2.26. The number of nitrogens with one attached hydrogen (secondary N) is 1. The molecule has 1 aromatic carbocycles. The average molecular weight is 405 g/mol. The number of sulfone groups is 1. The molecule has 2 atom stereocenters. The maximum Gasteiger partial charge on any atom is 0.154 e. The van der Waals surface area contributed by atoms with Gasteiger partial charge in [0.1, 0.15) is 11.6 Å². The van der Waals surface area contributed by atoms with Crippen LogP contribution in [-0.2, 0) is 16.4 Å². The van der Waals surface area contributed by atoms with Gasteiger partial charge in [-0.25, -0.2) is 18.4 Å². The molecule has 2 heterocycles. The van der Waals surface area contributed by atoms with Crippen molar-refractivity contribution in [3.63, 3.8) is 0 Å². The molecule has 2 aliphatic rings. The van der Waals surface area contributed by atoms with Crippen LogP contribution in [0.15, 0.2) is 24.3 Å². The molecule has 2 N–H and O–H groups in total. The molecule has 0 spiro atoms. The number of aromatic nitrogens is 2. The summed E-state index contributed by atoms with van der Waals surface area (Å²) in [5.41, 5.74) is 0.874. The Morgan fingerprint density at radius 1 is 1.14 bits per heavy atom. The predicted octanol–water partition coefficient (Wildman–Crippen LogP) is 1.96. The maximum atomic E-state index is 11.8. The van der Waals surface area contributed by atoms with E-state index in [0.717, 1.165) is 29.6 Å². The molecule has 2 aromatic rings. The van der Waals surface area contributed by atoms with Crippen molar-refractivity contribution < 1.29 is 13.5 Å². The van der Waals surface area contributed by atoms with Gasteiger partial charge in [0.25, 0.3) is 0 Å². The van der Waals surface area contributed by atoms with Crippen LogP contribution < -0.4 is 5.32 Å². The van der Waals surface area contributed by atoms with Gasteiger partial charge in [-0.15, -0.1) is 0 Å². The van der Waals surface area contributed by atoms with Gasteiger partial charge in [0.15, 0.2) is 9.84 Å². The first-order chi connectivity index (χ1) is 13.4. The Balaban J connectivity index is 1.58. The topological polar surface area (TPSA) is 95.4 Å². The number of rotatable bonds is 5. The molecule has 28 heavy (non-hydrogen) atoms. The molecule has 1 aliphatic carbocycles. The zero-order valence-corrected chi connectivity index (χ0v) is 17.0. The lowest BCUT2D eigenvalue weighted by atomic mass is 9.95. The van der Waals surface area contributed by atoms with Crippen molar-refractivity contribution >= 4 is 26.6 Å². The van der Waals surface area contributed by atoms with Crippen LogP contribution in [0.25, 0.3) is 10.9 Å². The van der Waals surface area contributed by atoms with Gasteiger partial charge < -0.3 is 10.4 Å². The second kappa shape index (κ2) is 7.93. The molecule has 0 bridgehead atoms. The van der Waals surface area contributed by atoms with E-state index in [1.54, 1.807) is 0 Å². The second-order valence-electron chi connectivity index (χ2n) is 8.11. The SMILES string of the molecule is CN(Cc1nc(NC2CCCCC2)c2ccccc2n1)[C@@H]1CS(=O)(=O)C[C@H]1O. The van der Waals surface area contributed by atoms with E-state index < -0.39 is 22.0 Å². The molecule has 0 amide bonds. The minimum absolute atomic E-state index is 0.0224. The Kier molecular flexibility index (Phi) is 5.53. The highest BCUT2D eigenvalue weighted by Gasteiger charge is 2.38. The molecule has 0 unspecified atom stereocenters. The van der Waals surface area contributed by atoms with E-state index in [1.165, 1.54) is 19.3 Å². The fraction of sp³-hybridized carbons (Fsp3) is 0.600. The van der Waals surface area contributed by atoms with Crippen LogP contribution >= 0.6 is 0 Å². The summed E-state index contributed by atoms with van der Waals surface area (Å²) in [5, 5.41) is 14.8. The highest BCUT2D eigenvalue weighted by molar-refractivity contribution is 7.91. The van der Waals surface area contributed by atoms with Crippen molar-refractivity contribution in [2.24, 2.45) is 0 Å². The third kappa shape index (κ3) is 4.29. The zero-order valence-electron chi connectivity index (χ0n) is 16.2. The average Bonchev–Trinajstić information content (AvgIpc) is 2.95. The number of benzene rings is 1. The summed E-state index contributed by atoms with van der Waals surface area (Å²) < 4.78 is 23.7.